The van der Waals surface area contributed by atoms with Crippen LogP contribution in [0.25, 0.3) is 0 Å². The van der Waals surface area contributed by atoms with Crippen molar-refractivity contribution in [3.05, 3.63) is 46.6 Å². The van der Waals surface area contributed by atoms with E-state index >= 15 is 0 Å². The molecule has 0 spiro atoms. The summed E-state index contributed by atoms with van der Waals surface area (Å²) in [5.41, 5.74) is 1.36. The zero-order chi connectivity index (χ0) is 16.9. The van der Waals surface area contributed by atoms with E-state index in [1.807, 2.05) is 17.7 Å². The lowest BCUT2D eigenvalue weighted by atomic mass is 10.2. The summed E-state index contributed by atoms with van der Waals surface area (Å²) < 4.78 is 7.88. The van der Waals surface area contributed by atoms with Crippen molar-refractivity contribution in [3.63, 3.8) is 0 Å². The van der Waals surface area contributed by atoms with Crippen molar-refractivity contribution in [2.24, 2.45) is 7.05 Å². The van der Waals surface area contributed by atoms with Gasteiger partial charge >= 0.3 is 0 Å². The predicted molar refractivity (Wildman–Crippen MR) is 97.2 cm³/mol. The monoisotopic (exact) mass is 362 g/mol. The third-order valence-electron chi connectivity index (χ3n) is 4.04. The molecule has 0 saturated carbocycles. The molecule has 0 radical (unpaired) electrons. The Morgan fingerprint density at radius 1 is 1.33 bits per heavy atom. The Labute approximate surface area is 150 Å². The van der Waals surface area contributed by atoms with Gasteiger partial charge in [-0.05, 0) is 59.6 Å². The molecule has 3 rings (SSSR count). The number of aryl methyl sites for hydroxylation is 1. The summed E-state index contributed by atoms with van der Waals surface area (Å²) >= 11 is 3.24. The molecule has 0 bridgehead atoms. The normalized spacial score (nSPS) is 12.8. The van der Waals surface area contributed by atoms with Gasteiger partial charge in [-0.1, -0.05) is 6.92 Å². The van der Waals surface area contributed by atoms with Crippen molar-refractivity contribution < 1.29 is 4.42 Å². The van der Waals surface area contributed by atoms with E-state index in [0.717, 1.165) is 35.5 Å². The highest BCUT2D eigenvalue weighted by molar-refractivity contribution is 7.99. The lowest BCUT2D eigenvalue weighted by Gasteiger charge is -2.27. The fraction of sp³-hybridized carbons (Fsp3) is 0.412. The van der Waals surface area contributed by atoms with Crippen molar-refractivity contribution in [1.29, 1.82) is 0 Å². The van der Waals surface area contributed by atoms with Crippen LogP contribution in [-0.4, -0.2) is 25.7 Å². The average molecular weight is 363 g/mol. The van der Waals surface area contributed by atoms with E-state index in [9.17, 15) is 0 Å². The minimum Gasteiger partial charge on any atom is -0.453 e. The highest BCUT2D eigenvalue weighted by atomic mass is 32.2. The lowest BCUT2D eigenvalue weighted by molar-refractivity contribution is 0.169. The Morgan fingerprint density at radius 3 is 2.88 bits per heavy atom. The van der Waals surface area contributed by atoms with Gasteiger partial charge in [0.15, 0.2) is 10.2 Å². The molecular formula is C17H22N4OS2. The summed E-state index contributed by atoms with van der Waals surface area (Å²) in [4.78, 5) is 2.46. The van der Waals surface area contributed by atoms with Crippen LogP contribution in [-0.2, 0) is 20.1 Å². The molecule has 128 valence electrons. The summed E-state index contributed by atoms with van der Waals surface area (Å²) in [7, 11) is 1.93. The van der Waals surface area contributed by atoms with Gasteiger partial charge in [0.25, 0.3) is 0 Å². The van der Waals surface area contributed by atoms with Crippen LogP contribution in [0.1, 0.15) is 31.6 Å². The maximum atomic E-state index is 6.00. The lowest BCUT2D eigenvalue weighted by Crippen LogP contribution is -2.31. The van der Waals surface area contributed by atoms with Crippen molar-refractivity contribution in [2.45, 2.75) is 49.6 Å². The minimum absolute atomic E-state index is 0.504. The van der Waals surface area contributed by atoms with Gasteiger partial charge in [0, 0.05) is 19.6 Å². The molecule has 0 amide bonds. The van der Waals surface area contributed by atoms with Gasteiger partial charge < -0.3 is 8.98 Å². The number of hydrogen-bond acceptors (Lipinski definition) is 6. The molecule has 0 aromatic carbocycles. The topological polar surface area (TPSA) is 47.1 Å². The van der Waals surface area contributed by atoms with Gasteiger partial charge in [-0.2, -0.15) is 11.3 Å². The van der Waals surface area contributed by atoms with E-state index < -0.39 is 0 Å². The third-order valence-corrected chi connectivity index (χ3v) is 5.74. The summed E-state index contributed by atoms with van der Waals surface area (Å²) in [6.45, 7) is 6.25. The first-order chi connectivity index (χ1) is 11.7. The average Bonchev–Trinajstić information content (AvgIpc) is 3.31. The first-order valence-electron chi connectivity index (χ1n) is 8.01. The van der Waals surface area contributed by atoms with Gasteiger partial charge in [-0.25, -0.2) is 0 Å². The second-order valence-corrected chi connectivity index (χ2v) is 7.59. The molecule has 0 aliphatic rings. The standard InChI is InChI=1S/C17H22N4OS2/c1-4-13(2)21(9-14-7-8-23-11-14)10-15-5-6-16(22-15)24-17-19-18-12-20(17)3/h5-8,11-13H,4,9-10H2,1-3H3/t13-/m1/s1. The number of nitrogens with zero attached hydrogens (tertiary/aromatic N) is 4. The molecule has 3 heterocycles. The quantitative estimate of drug-likeness (QED) is 0.593. The van der Waals surface area contributed by atoms with Crippen LogP contribution in [0, 0.1) is 0 Å². The van der Waals surface area contributed by atoms with Gasteiger partial charge in [0.1, 0.15) is 12.1 Å². The van der Waals surface area contributed by atoms with Crippen molar-refractivity contribution in [3.8, 4) is 0 Å². The summed E-state index contributed by atoms with van der Waals surface area (Å²) in [6, 6.07) is 6.76. The largest absolute Gasteiger partial charge is 0.453 e. The second-order valence-electron chi connectivity index (χ2n) is 5.84. The number of aromatic nitrogens is 3. The molecule has 0 fully saturated rings. The number of rotatable bonds is 8. The van der Waals surface area contributed by atoms with Crippen molar-refractivity contribution in [1.82, 2.24) is 19.7 Å². The third kappa shape index (κ3) is 4.28. The Morgan fingerprint density at radius 2 is 2.21 bits per heavy atom. The Balaban J connectivity index is 1.67. The molecule has 0 saturated heterocycles. The molecular weight excluding hydrogens is 340 g/mol. The van der Waals surface area contributed by atoms with Crippen LogP contribution in [0.4, 0.5) is 0 Å². The first kappa shape index (κ1) is 17.3. The van der Waals surface area contributed by atoms with Crippen LogP contribution in [0.15, 0.2) is 50.0 Å². The summed E-state index contributed by atoms with van der Waals surface area (Å²) in [5, 5.41) is 14.0. The summed E-state index contributed by atoms with van der Waals surface area (Å²) in [6.07, 6.45) is 2.81. The van der Waals surface area contributed by atoms with Crippen molar-refractivity contribution in [2.75, 3.05) is 0 Å². The van der Waals surface area contributed by atoms with Crippen LogP contribution in [0.3, 0.4) is 0 Å². The van der Waals surface area contributed by atoms with E-state index in [1.54, 1.807) is 17.7 Å². The molecule has 7 heteroatoms. The van der Waals surface area contributed by atoms with E-state index in [2.05, 4.69) is 51.8 Å². The molecule has 0 aliphatic carbocycles. The molecule has 0 aliphatic heterocycles. The first-order valence-corrected chi connectivity index (χ1v) is 9.77. The number of furan rings is 1. The smallest absolute Gasteiger partial charge is 0.198 e. The van der Waals surface area contributed by atoms with Gasteiger partial charge in [0.05, 0.1) is 6.54 Å². The maximum absolute atomic E-state index is 6.00. The molecule has 0 unspecified atom stereocenters. The fourth-order valence-electron chi connectivity index (χ4n) is 2.40. The summed E-state index contributed by atoms with van der Waals surface area (Å²) in [5.74, 6) is 0.982. The van der Waals surface area contributed by atoms with Crippen molar-refractivity contribution >= 4 is 23.1 Å². The van der Waals surface area contributed by atoms with E-state index in [1.165, 1.54) is 17.3 Å². The number of hydrogen-bond donors (Lipinski definition) is 0. The molecule has 1 atom stereocenters. The van der Waals surface area contributed by atoms with E-state index in [-0.39, 0.29) is 0 Å². The molecule has 24 heavy (non-hydrogen) atoms. The second kappa shape index (κ2) is 8.00. The molecule has 3 aromatic heterocycles. The molecule has 0 N–H and O–H groups in total. The molecule has 3 aromatic rings. The fourth-order valence-corrected chi connectivity index (χ4v) is 3.80. The highest BCUT2D eigenvalue weighted by Gasteiger charge is 2.16. The van der Waals surface area contributed by atoms with Gasteiger partial charge in [-0.15, -0.1) is 10.2 Å². The van der Waals surface area contributed by atoms with Crippen LogP contribution >= 0.6 is 23.1 Å². The zero-order valence-corrected chi connectivity index (χ0v) is 15.8. The zero-order valence-electron chi connectivity index (χ0n) is 14.2. The van der Waals surface area contributed by atoms with E-state index in [4.69, 9.17) is 4.42 Å². The SMILES string of the molecule is CC[C@@H](C)N(Cc1ccsc1)Cc1ccc(Sc2nncn2C)o1. The molecule has 5 nitrogen and oxygen atoms in total. The van der Waals surface area contributed by atoms with E-state index in [0.29, 0.717) is 6.04 Å². The minimum atomic E-state index is 0.504. The highest BCUT2D eigenvalue weighted by Crippen LogP contribution is 2.28. The predicted octanol–water partition coefficient (Wildman–Crippen LogP) is 4.42. The Hall–Kier alpha value is -1.57. The van der Waals surface area contributed by atoms with Gasteiger partial charge in [-0.3, -0.25) is 4.90 Å². The van der Waals surface area contributed by atoms with Crippen LogP contribution in [0.2, 0.25) is 0 Å². The number of thiophene rings is 1. The Bertz CT molecular complexity index is 750. The van der Waals surface area contributed by atoms with Crippen LogP contribution < -0.4 is 0 Å². The van der Waals surface area contributed by atoms with Crippen LogP contribution in [0.5, 0.6) is 0 Å². The Kier molecular flexibility index (Phi) is 5.76. The maximum Gasteiger partial charge on any atom is 0.198 e. The van der Waals surface area contributed by atoms with Gasteiger partial charge in [0.2, 0.25) is 0 Å².